The van der Waals surface area contributed by atoms with Gasteiger partial charge in [-0.3, -0.25) is 4.79 Å². The predicted octanol–water partition coefficient (Wildman–Crippen LogP) is 1.91. The molecule has 0 N–H and O–H groups in total. The van der Waals surface area contributed by atoms with Crippen LogP contribution >= 0.6 is 11.6 Å². The van der Waals surface area contributed by atoms with Crippen molar-refractivity contribution in [1.82, 2.24) is 4.90 Å². The quantitative estimate of drug-likeness (QED) is 0.711. The van der Waals surface area contributed by atoms with Gasteiger partial charge in [-0.05, 0) is 17.7 Å². The maximum Gasteiger partial charge on any atom is 0.237 e. The van der Waals surface area contributed by atoms with Gasteiger partial charge in [-0.1, -0.05) is 12.1 Å². The zero-order valence-corrected chi connectivity index (χ0v) is 11.4. The smallest absolute Gasteiger partial charge is 0.237 e. The largest absolute Gasteiger partial charge is 0.497 e. The summed E-state index contributed by atoms with van der Waals surface area (Å²) in [5, 5.41) is 0. The first-order chi connectivity index (χ1) is 8.71. The van der Waals surface area contributed by atoms with Gasteiger partial charge in [0.15, 0.2) is 0 Å². The van der Waals surface area contributed by atoms with E-state index >= 15 is 0 Å². The lowest BCUT2D eigenvalue weighted by atomic mass is 10.2. The molecule has 1 rings (SSSR count). The van der Waals surface area contributed by atoms with Gasteiger partial charge < -0.3 is 14.4 Å². The Morgan fingerprint density at radius 1 is 1.39 bits per heavy atom. The van der Waals surface area contributed by atoms with E-state index in [4.69, 9.17) is 21.1 Å². The van der Waals surface area contributed by atoms with Crippen molar-refractivity contribution in [3.05, 3.63) is 29.8 Å². The number of benzene rings is 1. The van der Waals surface area contributed by atoms with Crippen LogP contribution in [0.25, 0.3) is 0 Å². The minimum Gasteiger partial charge on any atom is -0.497 e. The van der Waals surface area contributed by atoms with Crippen LogP contribution in [0.15, 0.2) is 24.3 Å². The van der Waals surface area contributed by atoms with E-state index in [2.05, 4.69) is 0 Å². The lowest BCUT2D eigenvalue weighted by molar-refractivity contribution is -0.129. The van der Waals surface area contributed by atoms with Gasteiger partial charge in [0.05, 0.1) is 13.7 Å². The van der Waals surface area contributed by atoms with Gasteiger partial charge in [-0.25, -0.2) is 0 Å². The van der Waals surface area contributed by atoms with Crippen LogP contribution < -0.4 is 4.74 Å². The van der Waals surface area contributed by atoms with E-state index in [0.717, 1.165) is 11.3 Å². The fraction of sp³-hybridized carbons (Fsp3) is 0.462. The molecule has 4 nitrogen and oxygen atoms in total. The third-order valence-electron chi connectivity index (χ3n) is 2.54. The summed E-state index contributed by atoms with van der Waals surface area (Å²) in [4.78, 5) is 13.4. The zero-order valence-electron chi connectivity index (χ0n) is 10.7. The van der Waals surface area contributed by atoms with E-state index in [0.29, 0.717) is 19.7 Å². The Hall–Kier alpha value is -1.26. The van der Waals surface area contributed by atoms with Crippen LogP contribution in [0.2, 0.25) is 0 Å². The second kappa shape index (κ2) is 7.95. The summed E-state index contributed by atoms with van der Waals surface area (Å²) >= 11 is 5.59. The minimum atomic E-state index is -0.100. The minimum absolute atomic E-state index is 0.0202. The first-order valence-electron chi connectivity index (χ1n) is 5.67. The summed E-state index contributed by atoms with van der Waals surface area (Å²) in [6.07, 6.45) is 0. The second-order valence-electron chi connectivity index (χ2n) is 3.79. The number of halogens is 1. The number of hydrogen-bond donors (Lipinski definition) is 0. The van der Waals surface area contributed by atoms with Crippen LogP contribution in [0.3, 0.4) is 0 Å². The van der Waals surface area contributed by atoms with E-state index < -0.39 is 0 Å². The third-order valence-corrected chi connectivity index (χ3v) is 2.77. The average Bonchev–Trinajstić information content (AvgIpc) is 2.42. The lowest BCUT2D eigenvalue weighted by Gasteiger charge is -2.21. The predicted molar refractivity (Wildman–Crippen MR) is 71.0 cm³/mol. The standard InChI is InChI=1S/C13H18ClNO3/c1-17-7-6-15(13(16)9-14)10-11-4-3-5-12(8-11)18-2/h3-5,8H,6-7,9-10H2,1-2H3. The number of alkyl halides is 1. The van der Waals surface area contributed by atoms with Crippen LogP contribution in [0.1, 0.15) is 5.56 Å². The highest BCUT2D eigenvalue weighted by atomic mass is 35.5. The van der Waals surface area contributed by atoms with Gasteiger partial charge in [0.1, 0.15) is 11.6 Å². The van der Waals surface area contributed by atoms with Gasteiger partial charge in [0.2, 0.25) is 5.91 Å². The molecule has 0 aliphatic carbocycles. The molecule has 1 amide bonds. The molecule has 0 saturated carbocycles. The van der Waals surface area contributed by atoms with Gasteiger partial charge in [-0.2, -0.15) is 0 Å². The van der Waals surface area contributed by atoms with Crippen molar-refractivity contribution < 1.29 is 14.3 Å². The number of carbonyl (C=O) groups excluding carboxylic acids is 1. The molecular formula is C13H18ClNO3. The van der Waals surface area contributed by atoms with E-state index in [1.165, 1.54) is 0 Å². The summed E-state index contributed by atoms with van der Waals surface area (Å²) in [7, 11) is 3.22. The number of carbonyl (C=O) groups is 1. The molecule has 100 valence electrons. The van der Waals surface area contributed by atoms with Crippen molar-refractivity contribution in [2.45, 2.75) is 6.54 Å². The molecule has 0 heterocycles. The zero-order chi connectivity index (χ0) is 13.4. The normalized spacial score (nSPS) is 10.2. The molecule has 0 fully saturated rings. The summed E-state index contributed by atoms with van der Waals surface area (Å²) < 4.78 is 10.1. The Morgan fingerprint density at radius 2 is 2.17 bits per heavy atom. The molecule has 0 radical (unpaired) electrons. The van der Waals surface area contributed by atoms with Crippen molar-refractivity contribution in [3.63, 3.8) is 0 Å². The molecule has 0 spiro atoms. The molecule has 5 heteroatoms. The highest BCUT2D eigenvalue weighted by Crippen LogP contribution is 2.14. The molecule has 0 saturated heterocycles. The molecule has 0 aliphatic heterocycles. The summed E-state index contributed by atoms with van der Waals surface area (Å²) in [6.45, 7) is 1.53. The number of amides is 1. The van der Waals surface area contributed by atoms with Crippen LogP contribution in [0.4, 0.5) is 0 Å². The molecule has 0 bridgehead atoms. The monoisotopic (exact) mass is 271 g/mol. The molecule has 0 aliphatic rings. The SMILES string of the molecule is COCCN(Cc1cccc(OC)c1)C(=O)CCl. The number of rotatable bonds is 7. The first kappa shape index (κ1) is 14.8. The van der Waals surface area contributed by atoms with Gasteiger partial charge >= 0.3 is 0 Å². The summed E-state index contributed by atoms with van der Waals surface area (Å²) in [5.74, 6) is 0.655. The van der Waals surface area contributed by atoms with Crippen LogP contribution in [0.5, 0.6) is 5.75 Å². The fourth-order valence-electron chi connectivity index (χ4n) is 1.57. The van der Waals surface area contributed by atoms with Crippen molar-refractivity contribution in [2.75, 3.05) is 33.3 Å². The lowest BCUT2D eigenvalue weighted by Crippen LogP contribution is -2.34. The highest BCUT2D eigenvalue weighted by molar-refractivity contribution is 6.27. The van der Waals surface area contributed by atoms with Crippen LogP contribution in [-0.2, 0) is 16.1 Å². The number of ether oxygens (including phenoxy) is 2. The van der Waals surface area contributed by atoms with Crippen LogP contribution in [-0.4, -0.2) is 44.1 Å². The van der Waals surface area contributed by atoms with Crippen molar-refractivity contribution in [3.8, 4) is 5.75 Å². The summed E-state index contributed by atoms with van der Waals surface area (Å²) in [5.41, 5.74) is 1.00. The number of hydrogen-bond acceptors (Lipinski definition) is 3. The summed E-state index contributed by atoms with van der Waals surface area (Å²) in [6, 6.07) is 7.62. The fourth-order valence-corrected chi connectivity index (χ4v) is 1.74. The molecule has 0 atom stereocenters. The van der Waals surface area contributed by atoms with Gasteiger partial charge in [0.25, 0.3) is 0 Å². The van der Waals surface area contributed by atoms with Crippen LogP contribution in [0, 0.1) is 0 Å². The maximum absolute atomic E-state index is 11.7. The van der Waals surface area contributed by atoms with Crippen molar-refractivity contribution in [1.29, 1.82) is 0 Å². The molecular weight excluding hydrogens is 254 g/mol. The Morgan fingerprint density at radius 3 is 2.78 bits per heavy atom. The van der Waals surface area contributed by atoms with E-state index in [-0.39, 0.29) is 11.8 Å². The van der Waals surface area contributed by atoms with E-state index in [9.17, 15) is 4.79 Å². The third kappa shape index (κ3) is 4.55. The Kier molecular flexibility index (Phi) is 6.54. The molecule has 0 aromatic heterocycles. The van der Waals surface area contributed by atoms with Crippen molar-refractivity contribution in [2.24, 2.45) is 0 Å². The van der Waals surface area contributed by atoms with E-state index in [1.54, 1.807) is 19.1 Å². The Balaban J connectivity index is 2.71. The molecule has 0 unspecified atom stereocenters. The van der Waals surface area contributed by atoms with E-state index in [1.807, 2.05) is 24.3 Å². The topological polar surface area (TPSA) is 38.8 Å². The second-order valence-corrected chi connectivity index (χ2v) is 4.06. The van der Waals surface area contributed by atoms with Gasteiger partial charge in [0, 0.05) is 20.2 Å². The Bertz CT molecular complexity index is 384. The maximum atomic E-state index is 11.7. The molecule has 1 aromatic rings. The highest BCUT2D eigenvalue weighted by Gasteiger charge is 2.12. The Labute approximate surface area is 112 Å². The first-order valence-corrected chi connectivity index (χ1v) is 6.20. The number of methoxy groups -OCH3 is 2. The van der Waals surface area contributed by atoms with Gasteiger partial charge in [-0.15, -0.1) is 11.6 Å². The number of nitrogens with zero attached hydrogens (tertiary/aromatic N) is 1. The molecule has 1 aromatic carbocycles. The average molecular weight is 272 g/mol. The van der Waals surface area contributed by atoms with Crippen molar-refractivity contribution >= 4 is 17.5 Å². The molecule has 18 heavy (non-hydrogen) atoms.